The second-order valence-electron chi connectivity index (χ2n) is 3.86. The van der Waals surface area contributed by atoms with Gasteiger partial charge in [-0.15, -0.1) is 0 Å². The Kier molecular flexibility index (Phi) is 4.38. The zero-order chi connectivity index (χ0) is 15.0. The highest BCUT2D eigenvalue weighted by Gasteiger charge is 2.62. The lowest BCUT2D eigenvalue weighted by Crippen LogP contribution is -2.45. The topological polar surface area (TPSA) is 34.9 Å². The third-order valence-corrected chi connectivity index (χ3v) is 3.45. The van der Waals surface area contributed by atoms with E-state index in [4.69, 9.17) is 0 Å². The van der Waals surface area contributed by atoms with Gasteiger partial charge in [-0.2, -0.15) is 27.1 Å². The monoisotopic (exact) mass is 348 g/mol. The Labute approximate surface area is 113 Å². The number of nitrogens with zero attached hydrogens (tertiary/aromatic N) is 2. The molecular weight excluding hydrogens is 339 g/mol. The molecule has 108 valence electrons. The molecule has 0 atom stereocenters. The zero-order valence-electron chi connectivity index (χ0n) is 9.98. The minimum Gasteiger partial charge on any atom is -0.292 e. The molecule has 9 heteroatoms. The van der Waals surface area contributed by atoms with Gasteiger partial charge in [0.1, 0.15) is 0 Å². The number of Topliss-reactive ketones (excluding diaryl/α,β-unsaturated/α-hetero) is 1. The van der Waals surface area contributed by atoms with Crippen LogP contribution in [0.4, 0.5) is 22.0 Å². The summed E-state index contributed by atoms with van der Waals surface area (Å²) in [5.74, 6) is -7.56. The predicted molar refractivity (Wildman–Crippen MR) is 60.0 cm³/mol. The van der Waals surface area contributed by atoms with Crippen molar-refractivity contribution in [1.82, 2.24) is 9.78 Å². The van der Waals surface area contributed by atoms with Crippen LogP contribution in [0, 0.1) is 0 Å². The summed E-state index contributed by atoms with van der Waals surface area (Å²) in [6.07, 6.45) is -6.47. The lowest BCUT2D eigenvalue weighted by atomic mass is 10.1. The molecule has 1 aromatic heterocycles. The van der Waals surface area contributed by atoms with Crippen molar-refractivity contribution < 1.29 is 26.7 Å². The van der Waals surface area contributed by atoms with Crippen LogP contribution in [0.15, 0.2) is 4.47 Å². The summed E-state index contributed by atoms with van der Waals surface area (Å²) in [5, 5.41) is 3.92. The van der Waals surface area contributed by atoms with Crippen molar-refractivity contribution >= 4 is 21.7 Å². The van der Waals surface area contributed by atoms with Gasteiger partial charge in [-0.1, -0.05) is 6.92 Å². The number of carbonyl (C=O) groups excluding carboxylic acids is 1. The highest BCUT2D eigenvalue weighted by Crippen LogP contribution is 2.37. The number of hydrogen-bond acceptors (Lipinski definition) is 2. The minimum atomic E-state index is -5.89. The Balaban J connectivity index is 3.05. The standard InChI is InChI=1S/C10H10BrF5N2O/c1-3-5-8(11)6(18(2)17-5)4-7(19)9(12,13)10(14,15)16/h3-4H2,1-2H3. The summed E-state index contributed by atoms with van der Waals surface area (Å²) in [6, 6.07) is 0. The van der Waals surface area contributed by atoms with E-state index in [0.29, 0.717) is 12.1 Å². The fourth-order valence-electron chi connectivity index (χ4n) is 1.43. The van der Waals surface area contributed by atoms with Crippen LogP contribution < -0.4 is 0 Å². The molecule has 0 amide bonds. The largest absolute Gasteiger partial charge is 0.461 e. The Morgan fingerprint density at radius 3 is 2.21 bits per heavy atom. The third kappa shape index (κ3) is 2.96. The van der Waals surface area contributed by atoms with Gasteiger partial charge < -0.3 is 0 Å². The number of ketones is 1. The van der Waals surface area contributed by atoms with Gasteiger partial charge in [0.2, 0.25) is 5.78 Å². The van der Waals surface area contributed by atoms with Crippen LogP contribution in [0.3, 0.4) is 0 Å². The molecule has 0 spiro atoms. The third-order valence-electron chi connectivity index (χ3n) is 2.54. The first-order chi connectivity index (χ1) is 8.52. The number of carbonyl (C=O) groups is 1. The van der Waals surface area contributed by atoms with Crippen molar-refractivity contribution in [2.45, 2.75) is 31.9 Å². The maximum atomic E-state index is 12.8. The molecule has 1 aromatic rings. The van der Waals surface area contributed by atoms with Gasteiger partial charge in [0.25, 0.3) is 0 Å². The van der Waals surface area contributed by atoms with Crippen LogP contribution >= 0.6 is 15.9 Å². The number of halogens is 6. The van der Waals surface area contributed by atoms with Crippen LogP contribution in [-0.2, 0) is 24.7 Å². The van der Waals surface area contributed by atoms with Crippen LogP contribution in [-0.4, -0.2) is 27.7 Å². The van der Waals surface area contributed by atoms with Crippen molar-refractivity contribution in [1.29, 1.82) is 0 Å². The Morgan fingerprint density at radius 1 is 1.32 bits per heavy atom. The maximum Gasteiger partial charge on any atom is 0.461 e. The first kappa shape index (κ1) is 16.1. The average molecular weight is 349 g/mol. The van der Waals surface area contributed by atoms with Gasteiger partial charge >= 0.3 is 12.1 Å². The van der Waals surface area contributed by atoms with Gasteiger partial charge in [0.05, 0.1) is 22.3 Å². The van der Waals surface area contributed by atoms with E-state index in [1.165, 1.54) is 7.05 Å². The molecule has 0 aromatic carbocycles. The minimum absolute atomic E-state index is 0.00854. The van der Waals surface area contributed by atoms with Crippen molar-refractivity contribution in [3.05, 3.63) is 15.9 Å². The quantitative estimate of drug-likeness (QED) is 0.784. The molecule has 0 N–H and O–H groups in total. The number of hydrogen-bond donors (Lipinski definition) is 0. The number of alkyl halides is 5. The van der Waals surface area contributed by atoms with E-state index in [1.54, 1.807) is 6.92 Å². The summed E-state index contributed by atoms with van der Waals surface area (Å²) in [6.45, 7) is 1.74. The molecule has 0 saturated carbocycles. The summed E-state index contributed by atoms with van der Waals surface area (Å²) >= 11 is 3.05. The van der Waals surface area contributed by atoms with Crippen molar-refractivity contribution in [3.8, 4) is 0 Å². The molecule has 0 saturated heterocycles. The highest BCUT2D eigenvalue weighted by atomic mass is 79.9. The molecule has 0 unspecified atom stereocenters. The van der Waals surface area contributed by atoms with Crippen molar-refractivity contribution in [2.24, 2.45) is 7.05 Å². The second-order valence-corrected chi connectivity index (χ2v) is 4.65. The molecule has 1 rings (SSSR count). The summed E-state index contributed by atoms with van der Waals surface area (Å²) in [5.41, 5.74) is 0.478. The summed E-state index contributed by atoms with van der Waals surface area (Å²) in [4.78, 5) is 11.2. The molecule has 0 bridgehead atoms. The van der Waals surface area contributed by atoms with Crippen LogP contribution in [0.5, 0.6) is 0 Å². The number of aromatic nitrogens is 2. The van der Waals surface area contributed by atoms with Crippen LogP contribution in [0.25, 0.3) is 0 Å². The van der Waals surface area contributed by atoms with E-state index in [1.807, 2.05) is 0 Å². The normalized spacial score (nSPS) is 12.8. The number of aryl methyl sites for hydroxylation is 2. The zero-order valence-corrected chi connectivity index (χ0v) is 11.6. The molecule has 0 radical (unpaired) electrons. The van der Waals surface area contributed by atoms with Gasteiger partial charge in [0.15, 0.2) is 0 Å². The predicted octanol–water partition coefficient (Wildman–Crippen LogP) is 3.05. The van der Waals surface area contributed by atoms with E-state index in [-0.39, 0.29) is 10.2 Å². The van der Waals surface area contributed by atoms with Crippen molar-refractivity contribution in [2.75, 3.05) is 0 Å². The molecular formula is C10H10BrF5N2O. The Bertz CT molecular complexity index is 495. The van der Waals surface area contributed by atoms with Gasteiger partial charge in [0, 0.05) is 7.05 Å². The average Bonchev–Trinajstić information content (AvgIpc) is 2.54. The van der Waals surface area contributed by atoms with E-state index in [0.717, 1.165) is 4.68 Å². The lowest BCUT2D eigenvalue weighted by molar-refractivity contribution is -0.268. The summed E-state index contributed by atoms with van der Waals surface area (Å²) in [7, 11) is 1.37. The van der Waals surface area contributed by atoms with Gasteiger partial charge in [-0.05, 0) is 22.4 Å². The van der Waals surface area contributed by atoms with Gasteiger partial charge in [-0.3, -0.25) is 9.48 Å². The fourth-order valence-corrected chi connectivity index (χ4v) is 2.19. The van der Waals surface area contributed by atoms with Gasteiger partial charge in [-0.25, -0.2) is 0 Å². The highest BCUT2D eigenvalue weighted by molar-refractivity contribution is 9.10. The van der Waals surface area contributed by atoms with E-state index >= 15 is 0 Å². The Hall–Kier alpha value is -0.990. The molecule has 3 nitrogen and oxygen atoms in total. The second kappa shape index (κ2) is 5.18. The molecule has 0 aliphatic rings. The van der Waals surface area contributed by atoms with Crippen LogP contribution in [0.2, 0.25) is 0 Å². The Morgan fingerprint density at radius 2 is 1.84 bits per heavy atom. The molecule has 0 aliphatic heterocycles. The summed E-state index contributed by atoms with van der Waals surface area (Å²) < 4.78 is 63.2. The first-order valence-corrected chi connectivity index (χ1v) is 5.99. The smallest absolute Gasteiger partial charge is 0.292 e. The molecule has 1 heterocycles. The van der Waals surface area contributed by atoms with Crippen LogP contribution in [0.1, 0.15) is 18.3 Å². The van der Waals surface area contributed by atoms with E-state index in [9.17, 15) is 26.7 Å². The number of rotatable bonds is 4. The molecule has 19 heavy (non-hydrogen) atoms. The maximum absolute atomic E-state index is 12.8. The van der Waals surface area contributed by atoms with E-state index in [2.05, 4.69) is 21.0 Å². The lowest BCUT2D eigenvalue weighted by Gasteiger charge is -2.18. The van der Waals surface area contributed by atoms with E-state index < -0.39 is 24.3 Å². The van der Waals surface area contributed by atoms with Crippen molar-refractivity contribution in [3.63, 3.8) is 0 Å². The SMILES string of the molecule is CCc1nn(C)c(CC(=O)C(F)(F)C(F)(F)F)c1Br. The first-order valence-electron chi connectivity index (χ1n) is 5.20. The fraction of sp³-hybridized carbons (Fsp3) is 0.600. The molecule has 0 aliphatic carbocycles. The molecule has 0 fully saturated rings.